The van der Waals surface area contributed by atoms with E-state index in [9.17, 15) is 0 Å². The van der Waals surface area contributed by atoms with Crippen LogP contribution in [0.15, 0.2) is 0 Å². The van der Waals surface area contributed by atoms with Gasteiger partial charge in [-0.1, -0.05) is 36.4 Å². The van der Waals surface area contributed by atoms with Crippen molar-refractivity contribution in [1.29, 1.82) is 0 Å². The fraction of sp³-hybridized carbons (Fsp3) is 1.00. The molecule has 0 rings (SSSR count). The van der Waals surface area contributed by atoms with Gasteiger partial charge in [-0.15, -0.1) is 0 Å². The van der Waals surface area contributed by atoms with Crippen LogP contribution in [0.3, 0.4) is 0 Å². The molecule has 3 heteroatoms. The van der Waals surface area contributed by atoms with E-state index in [1.54, 1.807) is 7.11 Å². The van der Waals surface area contributed by atoms with Gasteiger partial charge in [0.2, 0.25) is 0 Å². The van der Waals surface area contributed by atoms with Gasteiger partial charge in [0.1, 0.15) is 0 Å². The Labute approximate surface area is 102 Å². The van der Waals surface area contributed by atoms with Crippen LogP contribution in [-0.4, -0.2) is 29.7 Å². The van der Waals surface area contributed by atoms with Gasteiger partial charge in [0.05, 0.1) is 5.60 Å². The average Bonchev–Trinajstić information content (AvgIpc) is 2.12. The Bertz CT molecular complexity index is 148. The molecule has 14 heavy (non-hydrogen) atoms. The Kier molecular flexibility index (Phi) is 7.34. The van der Waals surface area contributed by atoms with Crippen LogP contribution in [0.2, 0.25) is 0 Å². The van der Waals surface area contributed by atoms with E-state index < -0.39 is 0 Å². The van der Waals surface area contributed by atoms with Crippen LogP contribution < -0.4 is 5.32 Å². The van der Waals surface area contributed by atoms with Gasteiger partial charge in [-0.25, -0.2) is 0 Å². The predicted molar refractivity (Wildman–Crippen MR) is 71.2 cm³/mol. The summed E-state index contributed by atoms with van der Waals surface area (Å²) in [5, 5.41) is 3.57. The molecule has 0 heterocycles. The van der Waals surface area contributed by atoms with Crippen molar-refractivity contribution in [1.82, 2.24) is 5.32 Å². The molecule has 0 aliphatic carbocycles. The van der Waals surface area contributed by atoms with Gasteiger partial charge in [0.15, 0.2) is 0 Å². The molecule has 1 N–H and O–H groups in total. The number of nitrogens with one attached hydrogen (secondary N) is 1. The minimum absolute atomic E-state index is 0.000196. The molecule has 0 aromatic heterocycles. The Morgan fingerprint density at radius 3 is 2.29 bits per heavy atom. The van der Waals surface area contributed by atoms with Crippen molar-refractivity contribution in [3.8, 4) is 0 Å². The molecule has 0 aliphatic heterocycles. The lowest BCUT2D eigenvalue weighted by atomic mass is 10.0. The van der Waals surface area contributed by atoms with E-state index in [0.717, 1.165) is 13.0 Å². The summed E-state index contributed by atoms with van der Waals surface area (Å²) in [6, 6.07) is 0.628. The topological polar surface area (TPSA) is 21.3 Å². The number of hydrogen-bond acceptors (Lipinski definition) is 2. The highest BCUT2D eigenvalue weighted by atomic mass is 127. The standard InChI is InChI=1S/C11H24INO/c1-9(2)10(8-12)13-7-6-11(3,4)14-5/h9-10,13H,6-8H2,1-5H3. The number of hydrogen-bond donors (Lipinski definition) is 1. The molecule has 0 amide bonds. The molecule has 1 unspecified atom stereocenters. The van der Waals surface area contributed by atoms with E-state index in [-0.39, 0.29) is 5.60 Å². The van der Waals surface area contributed by atoms with Gasteiger partial charge < -0.3 is 10.1 Å². The van der Waals surface area contributed by atoms with Crippen LogP contribution >= 0.6 is 22.6 Å². The molecule has 0 fully saturated rings. The van der Waals surface area contributed by atoms with Crippen LogP contribution in [0.5, 0.6) is 0 Å². The summed E-state index contributed by atoms with van der Waals surface area (Å²) in [5.74, 6) is 0.706. The number of alkyl halides is 1. The molecule has 0 bridgehead atoms. The monoisotopic (exact) mass is 313 g/mol. The quantitative estimate of drug-likeness (QED) is 0.576. The van der Waals surface area contributed by atoms with E-state index in [0.29, 0.717) is 12.0 Å². The van der Waals surface area contributed by atoms with Crippen LogP contribution in [0.1, 0.15) is 34.1 Å². The molecular weight excluding hydrogens is 289 g/mol. The van der Waals surface area contributed by atoms with Gasteiger partial charge in [-0.2, -0.15) is 0 Å². The highest BCUT2D eigenvalue weighted by Gasteiger charge is 2.17. The first kappa shape index (κ1) is 14.6. The predicted octanol–water partition coefficient (Wildman–Crippen LogP) is 2.85. The maximum Gasteiger partial charge on any atom is 0.0634 e. The highest BCUT2D eigenvalue weighted by Crippen LogP contribution is 2.12. The third-order valence-corrected chi connectivity index (χ3v) is 3.61. The van der Waals surface area contributed by atoms with Gasteiger partial charge in [-0.05, 0) is 32.7 Å². The zero-order valence-electron chi connectivity index (χ0n) is 10.1. The van der Waals surface area contributed by atoms with Crippen molar-refractivity contribution in [2.45, 2.75) is 45.8 Å². The number of rotatable bonds is 7. The lowest BCUT2D eigenvalue weighted by molar-refractivity contribution is 0.0152. The number of methoxy groups -OCH3 is 1. The van der Waals surface area contributed by atoms with Crippen LogP contribution in [-0.2, 0) is 4.74 Å². The van der Waals surface area contributed by atoms with Crippen LogP contribution in [0, 0.1) is 5.92 Å². The first-order valence-electron chi connectivity index (χ1n) is 5.27. The fourth-order valence-electron chi connectivity index (χ4n) is 1.13. The first-order valence-corrected chi connectivity index (χ1v) is 6.80. The third kappa shape index (κ3) is 6.19. The van der Waals surface area contributed by atoms with E-state index in [4.69, 9.17) is 4.74 Å². The minimum Gasteiger partial charge on any atom is -0.379 e. The minimum atomic E-state index is -0.000196. The second-order valence-corrected chi connectivity index (χ2v) is 5.55. The van der Waals surface area contributed by atoms with Crippen molar-refractivity contribution in [2.75, 3.05) is 18.1 Å². The Morgan fingerprint density at radius 1 is 1.36 bits per heavy atom. The Balaban J connectivity index is 3.71. The molecule has 0 aromatic carbocycles. The van der Waals surface area contributed by atoms with Crippen LogP contribution in [0.25, 0.3) is 0 Å². The second kappa shape index (κ2) is 7.01. The summed E-state index contributed by atoms with van der Waals surface area (Å²) in [7, 11) is 1.78. The summed E-state index contributed by atoms with van der Waals surface area (Å²) in [6.07, 6.45) is 1.06. The van der Waals surface area contributed by atoms with Crippen molar-refractivity contribution >= 4 is 22.6 Å². The summed E-state index contributed by atoms with van der Waals surface area (Å²) >= 11 is 2.44. The lowest BCUT2D eigenvalue weighted by Crippen LogP contribution is -2.38. The van der Waals surface area contributed by atoms with Crippen molar-refractivity contribution in [2.24, 2.45) is 5.92 Å². The zero-order valence-corrected chi connectivity index (χ0v) is 12.2. The molecule has 0 saturated heterocycles. The van der Waals surface area contributed by atoms with Crippen molar-refractivity contribution < 1.29 is 4.74 Å². The molecular formula is C11H24INO. The largest absolute Gasteiger partial charge is 0.379 e. The maximum absolute atomic E-state index is 5.37. The van der Waals surface area contributed by atoms with E-state index in [1.807, 2.05) is 0 Å². The molecule has 2 nitrogen and oxygen atoms in total. The molecule has 1 atom stereocenters. The zero-order chi connectivity index (χ0) is 11.2. The summed E-state index contributed by atoms with van der Waals surface area (Å²) in [6.45, 7) is 9.81. The normalized spacial score (nSPS) is 14.8. The van der Waals surface area contributed by atoms with Crippen molar-refractivity contribution in [3.05, 3.63) is 0 Å². The fourth-order valence-corrected chi connectivity index (χ4v) is 2.46. The third-order valence-electron chi connectivity index (χ3n) is 2.66. The smallest absolute Gasteiger partial charge is 0.0634 e. The van der Waals surface area contributed by atoms with E-state index >= 15 is 0 Å². The van der Waals surface area contributed by atoms with Crippen molar-refractivity contribution in [3.63, 3.8) is 0 Å². The van der Waals surface area contributed by atoms with E-state index in [2.05, 4.69) is 55.6 Å². The van der Waals surface area contributed by atoms with E-state index in [1.165, 1.54) is 4.43 Å². The first-order chi connectivity index (χ1) is 6.43. The van der Waals surface area contributed by atoms with Gasteiger partial charge in [0.25, 0.3) is 0 Å². The molecule has 0 radical (unpaired) electrons. The Hall–Kier alpha value is 0.650. The maximum atomic E-state index is 5.37. The molecule has 0 spiro atoms. The van der Waals surface area contributed by atoms with Gasteiger partial charge in [-0.3, -0.25) is 0 Å². The lowest BCUT2D eigenvalue weighted by Gasteiger charge is -2.26. The summed E-state index contributed by atoms with van der Waals surface area (Å²) in [5.41, 5.74) is -0.000196. The summed E-state index contributed by atoms with van der Waals surface area (Å²) in [4.78, 5) is 0. The molecule has 86 valence electrons. The summed E-state index contributed by atoms with van der Waals surface area (Å²) < 4.78 is 6.54. The molecule has 0 aliphatic rings. The number of ether oxygens (including phenoxy) is 1. The Morgan fingerprint density at radius 2 is 1.93 bits per heavy atom. The average molecular weight is 313 g/mol. The van der Waals surface area contributed by atoms with Crippen LogP contribution in [0.4, 0.5) is 0 Å². The van der Waals surface area contributed by atoms with Gasteiger partial charge >= 0.3 is 0 Å². The highest BCUT2D eigenvalue weighted by molar-refractivity contribution is 14.1. The SMILES string of the molecule is COC(C)(C)CCNC(CI)C(C)C. The molecule has 0 aromatic rings. The molecule has 0 saturated carbocycles. The van der Waals surface area contributed by atoms with Gasteiger partial charge in [0, 0.05) is 17.6 Å². The number of halogens is 1. The second-order valence-electron chi connectivity index (χ2n) is 4.67.